The Labute approximate surface area is 244 Å². The highest BCUT2D eigenvalue weighted by Crippen LogP contribution is 2.37. The summed E-state index contributed by atoms with van der Waals surface area (Å²) in [5.41, 5.74) is 11.2. The van der Waals surface area contributed by atoms with Gasteiger partial charge in [0.05, 0.1) is 24.6 Å². The molecule has 0 aliphatic carbocycles. The molecule has 0 unspecified atom stereocenters. The molecule has 4 fully saturated rings. The third-order valence-corrected chi connectivity index (χ3v) is 10.1. The second kappa shape index (κ2) is 10.9. The van der Waals surface area contributed by atoms with E-state index >= 15 is 0 Å². The molecule has 41 heavy (non-hydrogen) atoms. The molecule has 214 valence electrons. The first kappa shape index (κ1) is 25.5. The molecular weight excluding hydrogens is 510 g/mol. The van der Waals surface area contributed by atoms with Crippen molar-refractivity contribution >= 4 is 22.3 Å². The molecule has 5 heterocycles. The molecule has 7 rings (SSSR count). The first-order chi connectivity index (χ1) is 20.4. The van der Waals surface area contributed by atoms with E-state index in [1.807, 2.05) is 12.1 Å². The lowest BCUT2D eigenvalue weighted by molar-refractivity contribution is 0.00151. The SMILES string of the molecule is [2H]c1ccc2c(N3C[C@@H]4C[C@@H](N5CC(c6ccc(N7C[C@@H](N)[C@H](OC)C7)cc6)C5)CCN4[C@H](C)C3)ccc(C#N)c2n1. The number of aromatic nitrogens is 1. The highest BCUT2D eigenvalue weighted by molar-refractivity contribution is 5.95. The molecule has 5 atom stereocenters. The van der Waals surface area contributed by atoms with Crippen LogP contribution in [0.2, 0.25) is 0 Å². The minimum Gasteiger partial charge on any atom is -0.378 e. The van der Waals surface area contributed by atoms with Gasteiger partial charge in [-0.1, -0.05) is 12.1 Å². The summed E-state index contributed by atoms with van der Waals surface area (Å²) in [6.07, 6.45) is 2.72. The molecule has 4 aliphatic heterocycles. The normalized spacial score (nSPS) is 29.7. The number of anilines is 2. The van der Waals surface area contributed by atoms with Crippen molar-refractivity contribution in [3.63, 3.8) is 0 Å². The molecule has 0 amide bonds. The third kappa shape index (κ3) is 4.85. The quantitative estimate of drug-likeness (QED) is 0.516. The number of methoxy groups -OCH3 is 1. The minimum absolute atomic E-state index is 0.0675. The first-order valence-electron chi connectivity index (χ1n) is 15.6. The van der Waals surface area contributed by atoms with Crippen LogP contribution in [0.1, 0.15) is 38.2 Å². The Morgan fingerprint density at radius 1 is 1.00 bits per heavy atom. The molecule has 0 spiro atoms. The second-order valence-corrected chi connectivity index (χ2v) is 12.5. The zero-order valence-corrected chi connectivity index (χ0v) is 24.1. The van der Waals surface area contributed by atoms with Gasteiger partial charge in [-0.05, 0) is 61.7 Å². The van der Waals surface area contributed by atoms with E-state index < -0.39 is 0 Å². The number of hydrogen-bond donors (Lipinski definition) is 1. The van der Waals surface area contributed by atoms with Crippen LogP contribution in [0, 0.1) is 11.3 Å². The number of piperazine rings is 1. The Morgan fingerprint density at radius 2 is 1.83 bits per heavy atom. The van der Waals surface area contributed by atoms with Crippen molar-refractivity contribution in [3.05, 3.63) is 65.8 Å². The maximum Gasteiger partial charge on any atom is 0.101 e. The highest BCUT2D eigenvalue weighted by Gasteiger charge is 2.42. The van der Waals surface area contributed by atoms with E-state index in [9.17, 15) is 5.26 Å². The lowest BCUT2D eigenvalue weighted by Gasteiger charge is -2.54. The number of benzene rings is 2. The zero-order valence-electron chi connectivity index (χ0n) is 25.1. The van der Waals surface area contributed by atoms with Crippen molar-refractivity contribution in [1.29, 1.82) is 5.26 Å². The van der Waals surface area contributed by atoms with Crippen LogP contribution < -0.4 is 15.5 Å². The summed E-state index contributed by atoms with van der Waals surface area (Å²) >= 11 is 0. The number of piperidine rings is 1. The van der Waals surface area contributed by atoms with Gasteiger partial charge in [-0.3, -0.25) is 14.8 Å². The van der Waals surface area contributed by atoms with Gasteiger partial charge in [-0.25, -0.2) is 0 Å². The van der Waals surface area contributed by atoms with Gasteiger partial charge in [0.2, 0.25) is 0 Å². The number of ether oxygens (including phenoxy) is 1. The van der Waals surface area contributed by atoms with Crippen LogP contribution in [0.5, 0.6) is 0 Å². The molecular formula is C33H41N7O. The number of nitrogens with zero attached hydrogens (tertiary/aromatic N) is 6. The number of likely N-dealkylation sites (tertiary alicyclic amines) is 1. The van der Waals surface area contributed by atoms with Gasteiger partial charge >= 0.3 is 0 Å². The largest absolute Gasteiger partial charge is 0.378 e. The summed E-state index contributed by atoms with van der Waals surface area (Å²) in [6, 6.07) is 20.7. The molecule has 2 aromatic carbocycles. The average molecular weight is 553 g/mol. The Kier molecular flexibility index (Phi) is 6.76. The van der Waals surface area contributed by atoms with Crippen LogP contribution in [0.3, 0.4) is 0 Å². The summed E-state index contributed by atoms with van der Waals surface area (Å²) in [6.45, 7) is 9.41. The average Bonchev–Trinajstić information content (AvgIpc) is 3.36. The molecule has 4 saturated heterocycles. The minimum atomic E-state index is 0.0675. The van der Waals surface area contributed by atoms with Crippen molar-refractivity contribution in [1.82, 2.24) is 14.8 Å². The third-order valence-electron chi connectivity index (χ3n) is 10.1. The van der Waals surface area contributed by atoms with Crippen LogP contribution in [0.4, 0.5) is 11.4 Å². The fourth-order valence-electron chi connectivity index (χ4n) is 7.80. The molecule has 8 nitrogen and oxygen atoms in total. The zero-order chi connectivity index (χ0) is 29.0. The summed E-state index contributed by atoms with van der Waals surface area (Å²) in [5, 5.41) is 10.6. The second-order valence-electron chi connectivity index (χ2n) is 12.5. The van der Waals surface area contributed by atoms with E-state index in [1.54, 1.807) is 13.2 Å². The van der Waals surface area contributed by atoms with Crippen LogP contribution in [0.25, 0.3) is 10.9 Å². The summed E-state index contributed by atoms with van der Waals surface area (Å²) in [5.74, 6) is 0.603. The molecule has 0 bridgehead atoms. The van der Waals surface area contributed by atoms with Crippen LogP contribution >= 0.6 is 0 Å². The molecule has 1 aromatic heterocycles. The van der Waals surface area contributed by atoms with Gasteiger partial charge < -0.3 is 20.3 Å². The van der Waals surface area contributed by atoms with E-state index in [1.165, 1.54) is 24.1 Å². The molecule has 4 aliphatic rings. The summed E-state index contributed by atoms with van der Waals surface area (Å²) in [7, 11) is 1.75. The number of fused-ring (bicyclic) bond motifs is 2. The molecule has 3 aromatic rings. The monoisotopic (exact) mass is 552 g/mol. The fourth-order valence-corrected chi connectivity index (χ4v) is 7.80. The predicted octanol–water partition coefficient (Wildman–Crippen LogP) is 3.41. The Hall–Kier alpha value is -3.22. The van der Waals surface area contributed by atoms with Gasteiger partial charge in [0.15, 0.2) is 0 Å². The van der Waals surface area contributed by atoms with Gasteiger partial charge in [0, 0.05) is 99.9 Å². The number of rotatable bonds is 5. The van der Waals surface area contributed by atoms with Gasteiger partial charge in [0.25, 0.3) is 0 Å². The van der Waals surface area contributed by atoms with Crippen molar-refractivity contribution in [3.8, 4) is 6.07 Å². The van der Waals surface area contributed by atoms with Gasteiger partial charge in [0.1, 0.15) is 6.07 Å². The van der Waals surface area contributed by atoms with E-state index in [0.717, 1.165) is 56.9 Å². The smallest absolute Gasteiger partial charge is 0.101 e. The topological polar surface area (TPSA) is 84.9 Å². The highest BCUT2D eigenvalue weighted by atomic mass is 16.5. The van der Waals surface area contributed by atoms with E-state index in [-0.39, 0.29) is 18.3 Å². The standard InChI is InChI=1S/C33H41N7O/c1-22-16-39(31-10-7-24(15-34)33-29(31)4-3-12-36-33)19-28-14-27(11-13-40(22)28)37-17-25(18-37)23-5-8-26(9-6-23)38-20-30(35)32(21-38)41-2/h3-10,12,22,25,27-28,30,32H,11,13-14,16-21,35H2,1-2H3/t22-,27+,28+,30-,32-/m1/s1/i12D. The number of hydrogen-bond acceptors (Lipinski definition) is 8. The molecule has 0 radical (unpaired) electrons. The number of pyridine rings is 1. The van der Waals surface area contributed by atoms with Crippen LogP contribution in [0.15, 0.2) is 54.7 Å². The van der Waals surface area contributed by atoms with Crippen molar-refractivity contribution in [2.45, 2.75) is 56.0 Å². The van der Waals surface area contributed by atoms with Gasteiger partial charge in [-0.15, -0.1) is 0 Å². The number of nitrogens with two attached hydrogens (primary N) is 1. The molecule has 2 N–H and O–H groups in total. The Balaban J connectivity index is 0.995. The Morgan fingerprint density at radius 3 is 2.59 bits per heavy atom. The maximum absolute atomic E-state index is 9.62. The van der Waals surface area contributed by atoms with E-state index in [4.69, 9.17) is 11.8 Å². The van der Waals surface area contributed by atoms with Crippen LogP contribution in [-0.4, -0.2) is 98.0 Å². The summed E-state index contributed by atoms with van der Waals surface area (Å²) < 4.78 is 13.5. The van der Waals surface area contributed by atoms with Crippen molar-refractivity contribution < 1.29 is 6.11 Å². The van der Waals surface area contributed by atoms with E-state index in [2.05, 4.69) is 67.9 Å². The number of nitriles is 1. The maximum atomic E-state index is 9.62. The van der Waals surface area contributed by atoms with E-state index in [0.29, 0.717) is 35.1 Å². The predicted molar refractivity (Wildman–Crippen MR) is 163 cm³/mol. The molecule has 0 saturated carbocycles. The van der Waals surface area contributed by atoms with Crippen molar-refractivity contribution in [2.24, 2.45) is 5.73 Å². The first-order valence-corrected chi connectivity index (χ1v) is 15.1. The lowest BCUT2D eigenvalue weighted by Crippen LogP contribution is -2.64. The van der Waals surface area contributed by atoms with Crippen LogP contribution in [-0.2, 0) is 4.74 Å². The van der Waals surface area contributed by atoms with Gasteiger partial charge in [-0.2, -0.15) is 5.26 Å². The summed E-state index contributed by atoms with van der Waals surface area (Å²) in [4.78, 5) is 14.7. The molecule has 8 heteroatoms. The Bertz CT molecular complexity index is 1490. The lowest BCUT2D eigenvalue weighted by atomic mass is 9.85. The van der Waals surface area contributed by atoms with Crippen molar-refractivity contribution in [2.75, 3.05) is 62.7 Å². The fraction of sp³-hybridized carbons (Fsp3) is 0.515.